The molecule has 0 aromatic heterocycles. The van der Waals surface area contributed by atoms with E-state index in [1.807, 2.05) is 45.6 Å². The van der Waals surface area contributed by atoms with E-state index in [-0.39, 0.29) is 6.54 Å². The summed E-state index contributed by atoms with van der Waals surface area (Å²) in [6.45, 7) is 11.5. The average Bonchev–Trinajstić information content (AvgIpc) is 2.65. The fourth-order valence-corrected chi connectivity index (χ4v) is 5.47. The molecule has 0 unspecified atom stereocenters. The predicted octanol–water partition coefficient (Wildman–Crippen LogP) is 1.46. The lowest BCUT2D eigenvalue weighted by Gasteiger charge is -2.34. The molecule has 0 spiro atoms. The zero-order valence-corrected chi connectivity index (χ0v) is 18.8. The Hall–Kier alpha value is -1.97. The van der Waals surface area contributed by atoms with Gasteiger partial charge in [-0.15, -0.1) is 0 Å². The monoisotopic (exact) mass is 424 g/mol. The molecule has 1 fully saturated rings. The molecule has 29 heavy (non-hydrogen) atoms. The van der Waals surface area contributed by atoms with Gasteiger partial charge in [0.1, 0.15) is 0 Å². The van der Waals surface area contributed by atoms with Gasteiger partial charge in [0.15, 0.2) is 0 Å². The number of hydrogen-bond donors (Lipinski definition) is 2. The van der Waals surface area contributed by atoms with E-state index < -0.39 is 22.0 Å². The summed E-state index contributed by atoms with van der Waals surface area (Å²) in [5, 5.41) is 4.88. The molecule has 0 saturated carbocycles. The molecule has 0 bridgehead atoms. The lowest BCUT2D eigenvalue weighted by atomic mass is 10.0. The Bertz CT molecular complexity index is 849. The molecule has 1 aliphatic rings. The zero-order chi connectivity index (χ0) is 21.8. The van der Waals surface area contributed by atoms with Gasteiger partial charge in [-0.05, 0) is 56.4 Å². The SMILES string of the molecule is CCCNC(=O)NC(=O)CN1CCN(S(=O)(=O)c2c(C)c(C)cc(C)c2C)CC1. The molecule has 2 N–H and O–H groups in total. The number of hydrogen-bond acceptors (Lipinski definition) is 5. The van der Waals surface area contributed by atoms with Crippen LogP contribution in [0.5, 0.6) is 0 Å². The number of nitrogens with zero attached hydrogens (tertiary/aromatic N) is 2. The summed E-state index contributed by atoms with van der Waals surface area (Å²) < 4.78 is 28.1. The Labute approximate surface area is 173 Å². The minimum Gasteiger partial charge on any atom is -0.338 e. The van der Waals surface area contributed by atoms with Gasteiger partial charge in [-0.2, -0.15) is 4.31 Å². The van der Waals surface area contributed by atoms with Crippen LogP contribution < -0.4 is 10.6 Å². The quantitative estimate of drug-likeness (QED) is 0.720. The van der Waals surface area contributed by atoms with Crippen LogP contribution in [0.25, 0.3) is 0 Å². The van der Waals surface area contributed by atoms with E-state index in [0.29, 0.717) is 37.6 Å². The van der Waals surface area contributed by atoms with Crippen molar-refractivity contribution in [1.82, 2.24) is 19.8 Å². The van der Waals surface area contributed by atoms with Crippen LogP contribution in [0.1, 0.15) is 35.6 Å². The molecule has 1 heterocycles. The van der Waals surface area contributed by atoms with Crippen molar-refractivity contribution in [3.63, 3.8) is 0 Å². The molecule has 8 nitrogen and oxygen atoms in total. The first-order valence-corrected chi connectivity index (χ1v) is 11.4. The summed E-state index contributed by atoms with van der Waals surface area (Å²) in [5.41, 5.74) is 3.49. The van der Waals surface area contributed by atoms with E-state index in [2.05, 4.69) is 10.6 Å². The summed E-state index contributed by atoms with van der Waals surface area (Å²) in [7, 11) is -3.61. The maximum Gasteiger partial charge on any atom is 0.321 e. The smallest absolute Gasteiger partial charge is 0.321 e. The third-order valence-corrected chi connectivity index (χ3v) is 7.56. The standard InChI is InChI=1S/C20H32N4O4S/c1-6-7-21-20(26)22-18(25)13-23-8-10-24(11-9-23)29(27,28)19-16(4)14(2)12-15(3)17(19)5/h12H,6-11,13H2,1-5H3,(H2,21,22,25,26). The van der Waals surface area contributed by atoms with Gasteiger partial charge in [-0.1, -0.05) is 13.0 Å². The van der Waals surface area contributed by atoms with Crippen molar-refractivity contribution < 1.29 is 18.0 Å². The largest absolute Gasteiger partial charge is 0.338 e. The summed E-state index contributed by atoms with van der Waals surface area (Å²) in [6.07, 6.45) is 0.789. The van der Waals surface area contributed by atoms with Crippen LogP contribution in [0, 0.1) is 27.7 Å². The van der Waals surface area contributed by atoms with Crippen molar-refractivity contribution in [1.29, 1.82) is 0 Å². The average molecular weight is 425 g/mol. The second-order valence-corrected chi connectivity index (χ2v) is 9.45. The Morgan fingerprint density at radius 1 is 1.00 bits per heavy atom. The topological polar surface area (TPSA) is 98.8 Å². The number of carbonyl (C=O) groups is 2. The van der Waals surface area contributed by atoms with Gasteiger partial charge in [0.05, 0.1) is 11.4 Å². The highest BCUT2D eigenvalue weighted by Gasteiger charge is 2.32. The maximum absolute atomic E-state index is 13.3. The number of rotatable bonds is 6. The van der Waals surface area contributed by atoms with Gasteiger partial charge in [0, 0.05) is 32.7 Å². The third kappa shape index (κ3) is 5.55. The number of imide groups is 1. The maximum atomic E-state index is 13.3. The molecule has 1 saturated heterocycles. The normalized spacial score (nSPS) is 15.9. The van der Waals surface area contributed by atoms with E-state index in [9.17, 15) is 18.0 Å². The predicted molar refractivity (Wildman–Crippen MR) is 112 cm³/mol. The highest BCUT2D eigenvalue weighted by Crippen LogP contribution is 2.29. The number of urea groups is 1. The highest BCUT2D eigenvalue weighted by atomic mass is 32.2. The molecule has 1 aliphatic heterocycles. The van der Waals surface area contributed by atoms with Gasteiger partial charge >= 0.3 is 6.03 Å². The lowest BCUT2D eigenvalue weighted by molar-refractivity contribution is -0.121. The van der Waals surface area contributed by atoms with Gasteiger partial charge in [-0.3, -0.25) is 15.0 Å². The first-order chi connectivity index (χ1) is 13.6. The number of nitrogens with one attached hydrogen (secondary N) is 2. The fourth-order valence-electron chi connectivity index (χ4n) is 3.48. The number of benzene rings is 1. The minimum absolute atomic E-state index is 0.0645. The lowest BCUT2D eigenvalue weighted by Crippen LogP contribution is -2.52. The molecule has 162 valence electrons. The van der Waals surface area contributed by atoms with Crippen molar-refractivity contribution in [2.75, 3.05) is 39.3 Å². The summed E-state index contributed by atoms with van der Waals surface area (Å²) in [5.74, 6) is -0.393. The molecule has 1 aromatic rings. The zero-order valence-electron chi connectivity index (χ0n) is 18.0. The van der Waals surface area contributed by atoms with Gasteiger partial charge in [0.25, 0.3) is 0 Å². The fraction of sp³-hybridized carbons (Fsp3) is 0.600. The van der Waals surface area contributed by atoms with E-state index >= 15 is 0 Å². The van der Waals surface area contributed by atoms with Crippen LogP contribution >= 0.6 is 0 Å². The number of sulfonamides is 1. The van der Waals surface area contributed by atoms with Gasteiger partial charge in [-0.25, -0.2) is 13.2 Å². The molecular formula is C20H32N4O4S. The highest BCUT2D eigenvalue weighted by molar-refractivity contribution is 7.89. The molecule has 9 heteroatoms. The van der Waals surface area contributed by atoms with Crippen molar-refractivity contribution in [3.8, 4) is 0 Å². The Kier molecular flexibility index (Phi) is 7.79. The van der Waals surface area contributed by atoms with Crippen molar-refractivity contribution in [2.24, 2.45) is 0 Å². The first kappa shape index (κ1) is 23.3. The summed E-state index contributed by atoms with van der Waals surface area (Å²) in [6, 6.07) is 1.51. The second kappa shape index (κ2) is 9.69. The van der Waals surface area contributed by atoms with E-state index in [1.54, 1.807) is 0 Å². The van der Waals surface area contributed by atoms with Crippen molar-refractivity contribution in [3.05, 3.63) is 28.3 Å². The van der Waals surface area contributed by atoms with E-state index in [1.165, 1.54) is 4.31 Å². The summed E-state index contributed by atoms with van der Waals surface area (Å²) in [4.78, 5) is 25.8. The molecule has 3 amide bonds. The Morgan fingerprint density at radius 2 is 1.55 bits per heavy atom. The summed E-state index contributed by atoms with van der Waals surface area (Å²) >= 11 is 0. The van der Waals surface area contributed by atoms with E-state index in [4.69, 9.17) is 0 Å². The number of aryl methyl sites for hydroxylation is 2. The second-order valence-electron chi connectivity index (χ2n) is 7.57. The van der Waals surface area contributed by atoms with Crippen LogP contribution in [0.3, 0.4) is 0 Å². The van der Waals surface area contributed by atoms with Crippen LogP contribution in [0.2, 0.25) is 0 Å². The minimum atomic E-state index is -3.61. The van der Waals surface area contributed by atoms with Crippen molar-refractivity contribution in [2.45, 2.75) is 45.9 Å². The molecule has 2 rings (SSSR count). The molecule has 0 aliphatic carbocycles. The van der Waals surface area contributed by atoms with Crippen molar-refractivity contribution >= 4 is 22.0 Å². The Morgan fingerprint density at radius 3 is 2.07 bits per heavy atom. The van der Waals surface area contributed by atoms with Crippen LogP contribution in [0.15, 0.2) is 11.0 Å². The Balaban J connectivity index is 2.00. The number of piperazine rings is 1. The van der Waals surface area contributed by atoms with Crippen LogP contribution in [-0.4, -0.2) is 68.8 Å². The van der Waals surface area contributed by atoms with Gasteiger partial charge in [0.2, 0.25) is 15.9 Å². The molecule has 0 atom stereocenters. The molecular weight excluding hydrogens is 392 g/mol. The number of amides is 3. The van der Waals surface area contributed by atoms with Crippen LogP contribution in [-0.2, 0) is 14.8 Å². The van der Waals surface area contributed by atoms with Gasteiger partial charge < -0.3 is 5.32 Å². The molecule has 1 aromatic carbocycles. The number of carbonyl (C=O) groups excluding carboxylic acids is 2. The van der Waals surface area contributed by atoms with E-state index in [0.717, 1.165) is 28.7 Å². The van der Waals surface area contributed by atoms with Crippen LogP contribution in [0.4, 0.5) is 4.79 Å². The third-order valence-electron chi connectivity index (χ3n) is 5.38. The molecule has 0 radical (unpaired) electrons. The first-order valence-electron chi connectivity index (χ1n) is 9.95.